The van der Waals surface area contributed by atoms with Crippen molar-refractivity contribution in [3.05, 3.63) is 83.4 Å². The summed E-state index contributed by atoms with van der Waals surface area (Å²) >= 11 is 0. The number of aliphatic hydroxyl groups is 1. The Kier molecular flexibility index (Phi) is 10.1. The summed E-state index contributed by atoms with van der Waals surface area (Å²) in [6.45, 7) is 5.44. The normalized spacial score (nSPS) is 16.6. The first kappa shape index (κ1) is 34.1. The van der Waals surface area contributed by atoms with Crippen LogP contribution in [-0.4, -0.2) is 49.6 Å². The molecule has 0 bridgehead atoms. The zero-order chi connectivity index (χ0) is 33.2. The molecule has 1 aliphatic rings. The number of nitrogens with one attached hydrogen (secondary N) is 2. The van der Waals surface area contributed by atoms with Crippen LogP contribution in [0.3, 0.4) is 0 Å². The first-order chi connectivity index (χ1) is 20.9. The van der Waals surface area contributed by atoms with Crippen molar-refractivity contribution in [2.45, 2.75) is 75.3 Å². The molecule has 0 aliphatic carbocycles. The first-order valence-corrected chi connectivity index (χ1v) is 15.9. The number of aryl methyl sites for hydroxylation is 1. The number of anilines is 1. The minimum absolute atomic E-state index is 0.00384. The molecule has 2 amide bonds. The zero-order valence-electron chi connectivity index (χ0n) is 25.2. The number of amides is 2. The van der Waals surface area contributed by atoms with E-state index in [1.54, 1.807) is 63.2 Å². The minimum atomic E-state index is -4.57. The second-order valence-corrected chi connectivity index (χ2v) is 13.5. The van der Waals surface area contributed by atoms with E-state index in [0.29, 0.717) is 27.9 Å². The number of nitrogens with zero attached hydrogens (tertiary/aromatic N) is 1. The van der Waals surface area contributed by atoms with E-state index in [1.165, 1.54) is 17.0 Å². The van der Waals surface area contributed by atoms with Crippen LogP contribution in [-0.2, 0) is 38.8 Å². The third kappa shape index (κ3) is 8.69. The van der Waals surface area contributed by atoms with Crippen LogP contribution in [0.2, 0.25) is 0 Å². The van der Waals surface area contributed by atoms with E-state index in [9.17, 15) is 36.3 Å². The number of β-amino-alcohol motifs (C(OH)–C–C–N with tert-alkyl or cyclic N) is 1. The Labute approximate surface area is 260 Å². The molecule has 0 saturated carbocycles. The molecule has 0 spiro atoms. The van der Waals surface area contributed by atoms with Gasteiger partial charge in [-0.25, -0.2) is 13.6 Å². The molecule has 0 saturated heterocycles. The number of carbonyl (C=O) groups excluding carboxylic acids is 2. The third-order valence-electron chi connectivity index (χ3n) is 7.58. The Balaban J connectivity index is 1.63. The number of nitrogens with two attached hydrogens (primary N) is 1. The molecule has 5 N–H and O–H groups in total. The maximum Gasteiger partial charge on any atom is 0.416 e. The molecule has 13 heteroatoms. The monoisotopic (exact) mass is 646 g/mol. The van der Waals surface area contributed by atoms with E-state index in [4.69, 9.17) is 5.14 Å². The molecular formula is C32H37F3N4O5S. The number of benzene rings is 3. The van der Waals surface area contributed by atoms with Gasteiger partial charge in [-0.15, -0.1) is 0 Å². The van der Waals surface area contributed by atoms with Crippen molar-refractivity contribution in [2.75, 3.05) is 11.4 Å². The summed E-state index contributed by atoms with van der Waals surface area (Å²) in [6, 6.07) is 15.3. The van der Waals surface area contributed by atoms with E-state index < -0.39 is 51.3 Å². The molecule has 0 aromatic heterocycles. The van der Waals surface area contributed by atoms with Crippen LogP contribution in [0.15, 0.2) is 71.6 Å². The van der Waals surface area contributed by atoms with Gasteiger partial charge in [0.15, 0.2) is 0 Å². The van der Waals surface area contributed by atoms with Gasteiger partial charge in [0.05, 0.1) is 23.1 Å². The summed E-state index contributed by atoms with van der Waals surface area (Å²) < 4.78 is 64.9. The predicted octanol–water partition coefficient (Wildman–Crippen LogP) is 4.12. The highest BCUT2D eigenvalue weighted by Gasteiger charge is 2.36. The summed E-state index contributed by atoms with van der Waals surface area (Å²) in [5.41, 5.74) is 0.706. The Hall–Kier alpha value is -3.78. The van der Waals surface area contributed by atoms with Gasteiger partial charge in [0, 0.05) is 29.8 Å². The van der Waals surface area contributed by atoms with Crippen LogP contribution in [0.5, 0.6) is 0 Å². The Morgan fingerprint density at radius 1 is 1.09 bits per heavy atom. The maximum atomic E-state index is 13.9. The molecule has 1 heterocycles. The number of sulfonamides is 1. The van der Waals surface area contributed by atoms with Crippen LogP contribution in [0, 0.1) is 0 Å². The highest BCUT2D eigenvalue weighted by molar-refractivity contribution is 7.89. The Morgan fingerprint density at radius 3 is 2.38 bits per heavy atom. The lowest BCUT2D eigenvalue weighted by Crippen LogP contribution is -2.51. The van der Waals surface area contributed by atoms with Crippen LogP contribution >= 0.6 is 0 Å². The summed E-state index contributed by atoms with van der Waals surface area (Å²) in [4.78, 5) is 28.3. The fourth-order valence-corrected chi connectivity index (χ4v) is 6.07. The second-order valence-electron chi connectivity index (χ2n) is 12.0. The van der Waals surface area contributed by atoms with Gasteiger partial charge in [0.25, 0.3) is 0 Å². The lowest BCUT2D eigenvalue weighted by atomic mass is 9.99. The first-order valence-electron chi connectivity index (χ1n) is 14.4. The highest BCUT2D eigenvalue weighted by atomic mass is 32.2. The number of primary sulfonamides is 1. The van der Waals surface area contributed by atoms with Crippen molar-refractivity contribution < 1.29 is 36.3 Å². The van der Waals surface area contributed by atoms with Gasteiger partial charge in [0.2, 0.25) is 21.8 Å². The minimum Gasteiger partial charge on any atom is -0.392 e. The number of rotatable bonds is 10. The number of halogens is 3. The molecule has 9 nitrogen and oxygen atoms in total. The summed E-state index contributed by atoms with van der Waals surface area (Å²) in [7, 11) is -3.99. The molecule has 0 radical (unpaired) electrons. The van der Waals surface area contributed by atoms with E-state index in [0.717, 1.165) is 12.1 Å². The largest absolute Gasteiger partial charge is 0.416 e. The summed E-state index contributed by atoms with van der Waals surface area (Å²) in [5.74, 6) is -0.892. The van der Waals surface area contributed by atoms with Crippen molar-refractivity contribution in [3.63, 3.8) is 0 Å². The molecule has 3 aromatic rings. The van der Waals surface area contributed by atoms with Gasteiger partial charge in [-0.1, -0.05) is 42.5 Å². The van der Waals surface area contributed by atoms with Crippen molar-refractivity contribution in [3.8, 4) is 11.1 Å². The van der Waals surface area contributed by atoms with Crippen molar-refractivity contribution in [1.82, 2.24) is 10.6 Å². The molecule has 242 valence electrons. The van der Waals surface area contributed by atoms with Crippen molar-refractivity contribution in [2.24, 2.45) is 5.14 Å². The lowest BCUT2D eigenvalue weighted by Gasteiger charge is -2.29. The number of hydrogen-bond donors (Lipinski definition) is 4. The van der Waals surface area contributed by atoms with Crippen LogP contribution in [0.4, 0.5) is 18.9 Å². The van der Waals surface area contributed by atoms with Gasteiger partial charge in [-0.3, -0.25) is 9.59 Å². The molecule has 1 aliphatic heterocycles. The van der Waals surface area contributed by atoms with Gasteiger partial charge in [0.1, 0.15) is 6.04 Å². The van der Waals surface area contributed by atoms with Gasteiger partial charge < -0.3 is 20.6 Å². The van der Waals surface area contributed by atoms with Crippen LogP contribution in [0.1, 0.15) is 50.3 Å². The average Bonchev–Trinajstić information content (AvgIpc) is 3.07. The standard InChI is InChI=1S/C32H37F3N4O5S/c1-20(40)18-37-31(2,3)17-29(41)38-26-14-12-23-16-24(32(33,34)35)13-15-27(23)39(30(26)42)19-21-8-10-22(11-9-21)25-6-4-5-7-28(25)45(36,43)44/h4-11,13,15-16,20,26,37,40H,12,14,17-19H2,1-3H3,(H,38,41)(H2,36,43,44)/t20-,26-/m1/s1. The fraction of sp³-hybridized carbons (Fsp3) is 0.375. The zero-order valence-corrected chi connectivity index (χ0v) is 26.0. The SMILES string of the molecule is C[C@@H](O)CNC(C)(C)CC(=O)N[C@@H]1CCc2cc(C(F)(F)F)ccc2N(Cc2ccc(-c3ccccc3S(N)(=O)=O)cc2)C1=O. The molecule has 3 aromatic carbocycles. The quantitative estimate of drug-likeness (QED) is 0.261. The number of carbonyl (C=O) groups is 2. The third-order valence-corrected chi connectivity index (χ3v) is 8.55. The van der Waals surface area contributed by atoms with Crippen molar-refractivity contribution >= 4 is 27.5 Å². The van der Waals surface area contributed by atoms with Crippen LogP contribution in [0.25, 0.3) is 11.1 Å². The van der Waals surface area contributed by atoms with Gasteiger partial charge in [-0.2, -0.15) is 13.2 Å². The van der Waals surface area contributed by atoms with Gasteiger partial charge in [-0.05, 0) is 74.6 Å². The highest BCUT2D eigenvalue weighted by Crippen LogP contribution is 2.36. The lowest BCUT2D eigenvalue weighted by molar-refractivity contribution is -0.137. The molecule has 2 atom stereocenters. The maximum absolute atomic E-state index is 13.9. The van der Waals surface area contributed by atoms with Crippen molar-refractivity contribution in [1.29, 1.82) is 0 Å². The summed E-state index contributed by atoms with van der Waals surface area (Å²) in [5, 5.41) is 20.8. The number of fused-ring (bicyclic) bond motifs is 1. The fourth-order valence-electron chi connectivity index (χ4n) is 5.31. The van der Waals surface area contributed by atoms with Gasteiger partial charge >= 0.3 is 6.18 Å². The average molecular weight is 647 g/mol. The van der Waals surface area contributed by atoms with E-state index in [-0.39, 0.29) is 37.2 Å². The molecular weight excluding hydrogens is 609 g/mol. The second kappa shape index (κ2) is 13.3. The molecule has 45 heavy (non-hydrogen) atoms. The number of alkyl halides is 3. The number of hydrogen-bond acceptors (Lipinski definition) is 6. The topological polar surface area (TPSA) is 142 Å². The smallest absolute Gasteiger partial charge is 0.392 e. The number of aliphatic hydroxyl groups excluding tert-OH is 1. The molecule has 0 unspecified atom stereocenters. The molecule has 0 fully saturated rings. The van der Waals surface area contributed by atoms with E-state index in [2.05, 4.69) is 10.6 Å². The molecule has 4 rings (SSSR count). The Morgan fingerprint density at radius 2 is 1.76 bits per heavy atom. The van der Waals surface area contributed by atoms with E-state index >= 15 is 0 Å². The summed E-state index contributed by atoms with van der Waals surface area (Å²) in [6.07, 6.45) is -4.98. The Bertz CT molecular complexity index is 1660. The van der Waals surface area contributed by atoms with E-state index in [1.807, 2.05) is 0 Å². The predicted molar refractivity (Wildman–Crippen MR) is 165 cm³/mol. The van der Waals surface area contributed by atoms with Crippen LogP contribution < -0.4 is 20.7 Å².